The molecular formula is C22H21N3O4. The molecule has 0 radical (unpaired) electrons. The molecule has 7 nitrogen and oxygen atoms in total. The average molecular weight is 391 g/mol. The Bertz CT molecular complexity index is 1100. The molecule has 0 aliphatic heterocycles. The van der Waals surface area contributed by atoms with Crippen molar-refractivity contribution in [3.63, 3.8) is 0 Å². The lowest BCUT2D eigenvalue weighted by Crippen LogP contribution is -2.25. The Balaban J connectivity index is 1.65. The van der Waals surface area contributed by atoms with Crippen molar-refractivity contribution < 1.29 is 14.3 Å². The van der Waals surface area contributed by atoms with Crippen molar-refractivity contribution in [1.82, 2.24) is 9.36 Å². The zero-order valence-electron chi connectivity index (χ0n) is 16.2. The number of aromatic nitrogens is 2. The van der Waals surface area contributed by atoms with Crippen LogP contribution in [0.5, 0.6) is 0 Å². The molecule has 0 fully saturated rings. The molecule has 1 amide bonds. The quantitative estimate of drug-likeness (QED) is 0.517. The molecule has 0 saturated carbocycles. The monoisotopic (exact) mass is 391 g/mol. The average Bonchev–Trinajstić information content (AvgIpc) is 2.95. The van der Waals surface area contributed by atoms with Crippen molar-refractivity contribution in [3.8, 4) is 5.69 Å². The highest BCUT2D eigenvalue weighted by atomic mass is 16.5. The van der Waals surface area contributed by atoms with Crippen LogP contribution in [0.15, 0.2) is 71.5 Å². The largest absolute Gasteiger partial charge is 0.452 e. The highest BCUT2D eigenvalue weighted by Crippen LogP contribution is 2.13. The summed E-state index contributed by atoms with van der Waals surface area (Å²) in [5, 5.41) is 2.54. The number of amides is 1. The topological polar surface area (TPSA) is 82.3 Å². The third kappa shape index (κ3) is 4.70. The van der Waals surface area contributed by atoms with E-state index in [1.54, 1.807) is 36.9 Å². The summed E-state index contributed by atoms with van der Waals surface area (Å²) >= 11 is 0. The second-order valence-corrected chi connectivity index (χ2v) is 6.34. The van der Waals surface area contributed by atoms with Crippen molar-refractivity contribution in [2.45, 2.75) is 6.92 Å². The molecule has 1 N–H and O–H groups in total. The maximum Gasteiger partial charge on any atom is 0.331 e. The summed E-state index contributed by atoms with van der Waals surface area (Å²) in [5.74, 6) is -1.23. The van der Waals surface area contributed by atoms with Crippen LogP contribution in [0.4, 0.5) is 5.69 Å². The van der Waals surface area contributed by atoms with E-state index < -0.39 is 18.5 Å². The van der Waals surface area contributed by atoms with E-state index in [0.717, 1.165) is 5.56 Å². The van der Waals surface area contributed by atoms with Gasteiger partial charge in [0.05, 0.1) is 11.4 Å². The van der Waals surface area contributed by atoms with Gasteiger partial charge in [-0.3, -0.25) is 14.3 Å². The van der Waals surface area contributed by atoms with E-state index in [-0.39, 0.29) is 11.2 Å². The molecule has 1 heterocycles. The lowest BCUT2D eigenvalue weighted by Gasteiger charge is -2.07. The number of para-hydroxylation sites is 1. The highest BCUT2D eigenvalue weighted by molar-refractivity contribution is 5.95. The number of carbonyl (C=O) groups excluding carboxylic acids is 2. The Hall–Kier alpha value is -3.87. The minimum atomic E-state index is -0.643. The summed E-state index contributed by atoms with van der Waals surface area (Å²) in [4.78, 5) is 36.7. The van der Waals surface area contributed by atoms with Gasteiger partial charge in [0.2, 0.25) is 0 Å². The number of rotatable bonds is 6. The molecule has 0 bridgehead atoms. The van der Waals surface area contributed by atoms with E-state index in [1.165, 1.54) is 10.8 Å². The number of nitrogens with zero attached hydrogens (tertiary/aromatic N) is 2. The zero-order chi connectivity index (χ0) is 20.8. The van der Waals surface area contributed by atoms with Crippen LogP contribution in [0.2, 0.25) is 0 Å². The highest BCUT2D eigenvalue weighted by Gasteiger charge is 2.18. The molecule has 148 valence electrons. The fourth-order valence-corrected chi connectivity index (χ4v) is 2.80. The maximum absolute atomic E-state index is 12.8. The minimum absolute atomic E-state index is 0.150. The van der Waals surface area contributed by atoms with Gasteiger partial charge in [0.1, 0.15) is 5.69 Å². The summed E-state index contributed by atoms with van der Waals surface area (Å²) in [5.41, 5.74) is 1.90. The normalized spacial score (nSPS) is 10.8. The van der Waals surface area contributed by atoms with Crippen molar-refractivity contribution in [1.29, 1.82) is 0 Å². The van der Waals surface area contributed by atoms with Gasteiger partial charge in [-0.15, -0.1) is 0 Å². The van der Waals surface area contributed by atoms with Crippen molar-refractivity contribution in [2.24, 2.45) is 7.05 Å². The number of esters is 1. The lowest BCUT2D eigenvalue weighted by molar-refractivity contribution is -0.142. The third-order valence-electron chi connectivity index (χ3n) is 4.38. The van der Waals surface area contributed by atoms with Crippen molar-refractivity contribution in [3.05, 3.63) is 88.4 Å². The molecule has 2 aromatic carbocycles. The summed E-state index contributed by atoms with van der Waals surface area (Å²) in [6.45, 7) is 1.24. The van der Waals surface area contributed by atoms with Gasteiger partial charge in [-0.1, -0.05) is 48.5 Å². The van der Waals surface area contributed by atoms with Gasteiger partial charge in [0.25, 0.3) is 11.5 Å². The first kappa shape index (κ1) is 19.9. The number of hydrogen-bond donors (Lipinski definition) is 1. The van der Waals surface area contributed by atoms with Crippen LogP contribution < -0.4 is 10.9 Å². The number of anilines is 1. The van der Waals surface area contributed by atoms with Gasteiger partial charge in [-0.2, -0.15) is 0 Å². The number of ether oxygens (including phenoxy) is 1. The van der Waals surface area contributed by atoms with E-state index in [4.69, 9.17) is 4.74 Å². The van der Waals surface area contributed by atoms with E-state index in [2.05, 4.69) is 5.32 Å². The van der Waals surface area contributed by atoms with Crippen LogP contribution in [0.3, 0.4) is 0 Å². The zero-order valence-corrected chi connectivity index (χ0v) is 16.2. The second kappa shape index (κ2) is 8.88. The lowest BCUT2D eigenvalue weighted by atomic mass is 10.2. The Kier molecular flexibility index (Phi) is 6.09. The molecule has 0 atom stereocenters. The minimum Gasteiger partial charge on any atom is -0.452 e. The maximum atomic E-state index is 12.8. The Morgan fingerprint density at radius 2 is 1.66 bits per heavy atom. The third-order valence-corrected chi connectivity index (χ3v) is 4.38. The van der Waals surface area contributed by atoms with E-state index >= 15 is 0 Å². The smallest absolute Gasteiger partial charge is 0.331 e. The van der Waals surface area contributed by atoms with Gasteiger partial charge >= 0.3 is 5.97 Å². The molecule has 0 aliphatic carbocycles. The SMILES string of the molecule is Cc1c(NC(=O)COC(=O)/C=C/c2ccccc2)c(=O)n(-c2ccccc2)n1C. The molecule has 0 saturated heterocycles. The molecule has 0 spiro atoms. The summed E-state index contributed by atoms with van der Waals surface area (Å²) in [6.07, 6.45) is 2.85. The van der Waals surface area contributed by atoms with Crippen molar-refractivity contribution in [2.75, 3.05) is 11.9 Å². The van der Waals surface area contributed by atoms with Crippen LogP contribution >= 0.6 is 0 Å². The predicted molar refractivity (Wildman–Crippen MR) is 111 cm³/mol. The molecule has 3 aromatic rings. The van der Waals surface area contributed by atoms with E-state index in [1.807, 2.05) is 48.5 Å². The standard InChI is InChI=1S/C22H21N3O4/c1-16-21(22(28)25(24(16)2)18-11-7-4-8-12-18)23-19(26)15-29-20(27)14-13-17-9-5-3-6-10-17/h3-14H,15H2,1-2H3,(H,23,26)/b14-13+. The van der Waals surface area contributed by atoms with Gasteiger partial charge in [0, 0.05) is 13.1 Å². The van der Waals surface area contributed by atoms with E-state index in [9.17, 15) is 14.4 Å². The number of carbonyl (C=O) groups is 2. The first-order chi connectivity index (χ1) is 14.0. The number of benzene rings is 2. The Morgan fingerprint density at radius 1 is 1.03 bits per heavy atom. The molecule has 29 heavy (non-hydrogen) atoms. The Labute approximate surface area is 167 Å². The first-order valence-electron chi connectivity index (χ1n) is 9.01. The second-order valence-electron chi connectivity index (χ2n) is 6.34. The number of nitrogens with one attached hydrogen (secondary N) is 1. The van der Waals surface area contributed by atoms with Crippen molar-refractivity contribution >= 4 is 23.6 Å². The summed E-state index contributed by atoms with van der Waals surface area (Å²) < 4.78 is 8.06. The van der Waals surface area contributed by atoms with Gasteiger partial charge in [0.15, 0.2) is 6.61 Å². The summed E-state index contributed by atoms with van der Waals surface area (Å²) in [6, 6.07) is 18.4. The van der Waals surface area contributed by atoms with E-state index in [0.29, 0.717) is 11.4 Å². The Morgan fingerprint density at radius 3 is 2.31 bits per heavy atom. The van der Waals surface area contributed by atoms with Crippen LogP contribution in [0, 0.1) is 6.92 Å². The molecule has 3 rings (SSSR count). The fourth-order valence-electron chi connectivity index (χ4n) is 2.80. The van der Waals surface area contributed by atoms with Gasteiger partial charge in [-0.05, 0) is 30.7 Å². The molecule has 1 aromatic heterocycles. The van der Waals surface area contributed by atoms with Crippen LogP contribution in [0.1, 0.15) is 11.3 Å². The van der Waals surface area contributed by atoms with Crippen LogP contribution in [0.25, 0.3) is 11.8 Å². The molecule has 0 unspecified atom stereocenters. The van der Waals surface area contributed by atoms with Gasteiger partial charge < -0.3 is 10.1 Å². The van der Waals surface area contributed by atoms with Gasteiger partial charge in [-0.25, -0.2) is 9.48 Å². The molecule has 7 heteroatoms. The predicted octanol–water partition coefficient (Wildman–Crippen LogP) is 2.68. The first-order valence-corrected chi connectivity index (χ1v) is 9.01. The number of hydrogen-bond acceptors (Lipinski definition) is 4. The molecule has 0 aliphatic rings. The van der Waals surface area contributed by atoms with Crippen LogP contribution in [-0.2, 0) is 21.4 Å². The summed E-state index contributed by atoms with van der Waals surface area (Å²) in [7, 11) is 1.73. The fraction of sp³-hybridized carbons (Fsp3) is 0.136. The van der Waals surface area contributed by atoms with Crippen LogP contribution in [-0.4, -0.2) is 27.8 Å². The molecular weight excluding hydrogens is 370 g/mol.